The number of thiophene rings is 1. The van der Waals surface area contributed by atoms with Gasteiger partial charge >= 0.3 is 0 Å². The molecule has 2 aromatic rings. The van der Waals surface area contributed by atoms with E-state index in [4.69, 9.17) is 11.6 Å². The summed E-state index contributed by atoms with van der Waals surface area (Å²) in [5.41, 5.74) is 0.653. The summed E-state index contributed by atoms with van der Waals surface area (Å²) in [5.74, 6) is 0. The number of aryl methyl sites for hydroxylation is 1. The van der Waals surface area contributed by atoms with Crippen LogP contribution in [0.15, 0.2) is 20.5 Å². The maximum Gasteiger partial charge on any atom is 0.131 e. The number of hydrogen-bond acceptors (Lipinski definition) is 3. The van der Waals surface area contributed by atoms with Gasteiger partial charge in [-0.2, -0.15) is 5.10 Å². The third-order valence-electron chi connectivity index (χ3n) is 2.46. The van der Waals surface area contributed by atoms with Crippen molar-refractivity contribution in [3.8, 4) is 0 Å². The summed E-state index contributed by atoms with van der Waals surface area (Å²) in [5, 5.41) is 15.1. The van der Waals surface area contributed by atoms with Gasteiger partial charge in [0.15, 0.2) is 0 Å². The van der Waals surface area contributed by atoms with E-state index >= 15 is 0 Å². The van der Waals surface area contributed by atoms with E-state index in [0.29, 0.717) is 10.7 Å². The van der Waals surface area contributed by atoms with Crippen LogP contribution in [-0.4, -0.2) is 14.9 Å². The second-order valence-corrected chi connectivity index (χ2v) is 7.44. The van der Waals surface area contributed by atoms with Crippen LogP contribution < -0.4 is 0 Å². The van der Waals surface area contributed by atoms with Gasteiger partial charge < -0.3 is 5.11 Å². The predicted molar refractivity (Wildman–Crippen MR) is 81.3 cm³/mol. The molecule has 0 saturated carbocycles. The number of rotatable bonds is 4. The van der Waals surface area contributed by atoms with E-state index in [-0.39, 0.29) is 0 Å². The quantitative estimate of drug-likeness (QED) is 0.793. The highest BCUT2D eigenvalue weighted by Gasteiger charge is 2.22. The lowest BCUT2D eigenvalue weighted by Gasteiger charge is -2.12. The van der Waals surface area contributed by atoms with Crippen molar-refractivity contribution in [3.05, 3.63) is 36.1 Å². The summed E-state index contributed by atoms with van der Waals surface area (Å²) in [6.45, 7) is 2.80. The lowest BCUT2D eigenvalue weighted by Crippen LogP contribution is -2.09. The zero-order chi connectivity index (χ0) is 13.3. The van der Waals surface area contributed by atoms with Crippen LogP contribution in [-0.2, 0) is 6.54 Å². The lowest BCUT2D eigenvalue weighted by atomic mass is 10.2. The molecule has 7 heteroatoms. The van der Waals surface area contributed by atoms with Gasteiger partial charge in [-0.25, -0.2) is 0 Å². The minimum absolute atomic E-state index is 0.497. The molecule has 2 aromatic heterocycles. The van der Waals surface area contributed by atoms with E-state index in [1.165, 1.54) is 11.3 Å². The minimum Gasteiger partial charge on any atom is -0.381 e. The Bertz CT molecular complexity index is 536. The Labute approximate surface area is 131 Å². The third kappa shape index (κ3) is 2.82. The van der Waals surface area contributed by atoms with E-state index in [1.807, 2.05) is 6.07 Å². The lowest BCUT2D eigenvalue weighted by molar-refractivity contribution is 0.211. The minimum atomic E-state index is -0.751. The topological polar surface area (TPSA) is 38.0 Å². The van der Waals surface area contributed by atoms with Crippen molar-refractivity contribution in [1.82, 2.24) is 9.78 Å². The molecular formula is C11H11Br2ClN2OS. The number of nitrogens with zero attached hydrogens (tertiary/aromatic N) is 2. The normalized spacial score (nSPS) is 12.9. The number of aliphatic hydroxyl groups excluding tert-OH is 1. The van der Waals surface area contributed by atoms with Crippen molar-refractivity contribution in [2.75, 3.05) is 0 Å². The van der Waals surface area contributed by atoms with Gasteiger partial charge in [0.2, 0.25) is 0 Å². The molecule has 98 valence electrons. The van der Waals surface area contributed by atoms with Gasteiger partial charge in [0, 0.05) is 15.9 Å². The zero-order valence-corrected chi connectivity index (χ0v) is 14.3. The van der Waals surface area contributed by atoms with E-state index < -0.39 is 6.10 Å². The summed E-state index contributed by atoms with van der Waals surface area (Å²) in [4.78, 5) is 0.827. The molecule has 2 rings (SSSR count). The summed E-state index contributed by atoms with van der Waals surface area (Å²) >= 11 is 14.4. The Morgan fingerprint density at radius 2 is 2.28 bits per heavy atom. The Hall–Kier alpha value is 0.120. The molecule has 1 unspecified atom stereocenters. The van der Waals surface area contributed by atoms with Crippen molar-refractivity contribution in [3.63, 3.8) is 0 Å². The molecular weight excluding hydrogens is 403 g/mol. The molecule has 0 aromatic carbocycles. The molecule has 0 amide bonds. The summed E-state index contributed by atoms with van der Waals surface area (Å²) in [7, 11) is 0. The second kappa shape index (κ2) is 6.05. The monoisotopic (exact) mass is 412 g/mol. The van der Waals surface area contributed by atoms with Crippen LogP contribution in [0, 0.1) is 0 Å². The van der Waals surface area contributed by atoms with E-state index in [2.05, 4.69) is 43.9 Å². The first-order valence-corrected chi connectivity index (χ1v) is 8.16. The predicted octanol–water partition coefficient (Wildman–Crippen LogP) is 4.61. The molecule has 0 bridgehead atoms. The molecule has 0 radical (unpaired) electrons. The van der Waals surface area contributed by atoms with Crippen LogP contribution >= 0.6 is 54.8 Å². The van der Waals surface area contributed by atoms with E-state index in [9.17, 15) is 5.11 Å². The molecule has 2 heterocycles. The van der Waals surface area contributed by atoms with Crippen LogP contribution in [0.1, 0.15) is 30.0 Å². The number of aromatic nitrogens is 2. The average Bonchev–Trinajstić information content (AvgIpc) is 2.84. The molecule has 3 nitrogen and oxygen atoms in total. The third-order valence-corrected chi connectivity index (χ3v) is 6.06. The second-order valence-electron chi connectivity index (χ2n) is 3.77. The van der Waals surface area contributed by atoms with Gasteiger partial charge in [0.05, 0.1) is 20.7 Å². The van der Waals surface area contributed by atoms with Gasteiger partial charge in [-0.3, -0.25) is 4.68 Å². The van der Waals surface area contributed by atoms with Gasteiger partial charge in [-0.05, 0) is 44.3 Å². The van der Waals surface area contributed by atoms with Gasteiger partial charge in [-0.1, -0.05) is 18.5 Å². The highest BCUT2D eigenvalue weighted by Crippen LogP contribution is 2.39. The summed E-state index contributed by atoms with van der Waals surface area (Å²) in [6.07, 6.45) is 1.77. The van der Waals surface area contributed by atoms with Crippen LogP contribution in [0.2, 0.25) is 5.02 Å². The fourth-order valence-corrected chi connectivity index (χ4v) is 3.99. The molecule has 0 spiro atoms. The highest BCUT2D eigenvalue weighted by atomic mass is 79.9. The number of aliphatic hydroxyl groups is 1. The molecule has 1 N–H and O–H groups in total. The maximum absolute atomic E-state index is 10.4. The molecule has 0 aliphatic rings. The van der Waals surface area contributed by atoms with Crippen molar-refractivity contribution < 1.29 is 5.11 Å². The Kier molecular flexibility index (Phi) is 4.88. The molecule has 18 heavy (non-hydrogen) atoms. The van der Waals surface area contributed by atoms with Crippen LogP contribution in [0.25, 0.3) is 0 Å². The van der Waals surface area contributed by atoms with Crippen LogP contribution in [0.3, 0.4) is 0 Å². The molecule has 0 aliphatic heterocycles. The van der Waals surface area contributed by atoms with Crippen molar-refractivity contribution >= 4 is 54.8 Å². The Morgan fingerprint density at radius 1 is 1.56 bits per heavy atom. The Balaban J connectivity index is 2.38. The first kappa shape index (κ1) is 14.5. The van der Waals surface area contributed by atoms with Crippen LogP contribution in [0.4, 0.5) is 0 Å². The SMILES string of the molecule is CCCn1ncc(Cl)c1C(O)c1cc(Br)c(Br)s1. The number of hydrogen-bond donors (Lipinski definition) is 1. The first-order chi connectivity index (χ1) is 8.54. The molecule has 0 fully saturated rings. The average molecular weight is 415 g/mol. The summed E-state index contributed by atoms with van der Waals surface area (Å²) < 4.78 is 3.64. The summed E-state index contributed by atoms with van der Waals surface area (Å²) in [6, 6.07) is 1.89. The zero-order valence-electron chi connectivity index (χ0n) is 9.53. The molecule has 1 atom stereocenters. The number of halogens is 3. The fraction of sp³-hybridized carbons (Fsp3) is 0.364. The standard InChI is InChI=1S/C11H11Br2ClN2OS/c1-2-3-16-9(7(14)5-15-16)10(17)8-4-6(12)11(13)18-8/h4-5,10,17H,2-3H2,1H3. The Morgan fingerprint density at radius 3 is 2.83 bits per heavy atom. The van der Waals surface area contributed by atoms with Gasteiger partial charge in [0.1, 0.15) is 6.10 Å². The maximum atomic E-state index is 10.4. The van der Waals surface area contributed by atoms with Gasteiger partial charge in [0.25, 0.3) is 0 Å². The fourth-order valence-electron chi connectivity index (χ4n) is 1.67. The van der Waals surface area contributed by atoms with Crippen molar-refractivity contribution in [2.24, 2.45) is 0 Å². The van der Waals surface area contributed by atoms with Crippen molar-refractivity contribution in [1.29, 1.82) is 0 Å². The van der Waals surface area contributed by atoms with E-state index in [1.54, 1.807) is 10.9 Å². The smallest absolute Gasteiger partial charge is 0.131 e. The van der Waals surface area contributed by atoms with Crippen LogP contribution in [0.5, 0.6) is 0 Å². The molecule has 0 aliphatic carbocycles. The molecule has 0 saturated heterocycles. The first-order valence-electron chi connectivity index (χ1n) is 5.38. The highest BCUT2D eigenvalue weighted by molar-refractivity contribution is 9.13. The van der Waals surface area contributed by atoms with Crippen molar-refractivity contribution in [2.45, 2.75) is 26.0 Å². The van der Waals surface area contributed by atoms with Gasteiger partial charge in [-0.15, -0.1) is 11.3 Å². The largest absolute Gasteiger partial charge is 0.381 e. The van der Waals surface area contributed by atoms with E-state index in [0.717, 1.165) is 26.1 Å².